The normalized spacial score (nSPS) is 20.4. The first-order valence-corrected chi connectivity index (χ1v) is 8.53. The minimum atomic E-state index is -0.611. The van der Waals surface area contributed by atoms with Crippen LogP contribution in [-0.2, 0) is 0 Å². The predicted octanol–water partition coefficient (Wildman–Crippen LogP) is 0.520. The van der Waals surface area contributed by atoms with E-state index in [1.165, 1.54) is 6.20 Å². The summed E-state index contributed by atoms with van der Waals surface area (Å²) in [5.74, 6) is 0.724. The van der Waals surface area contributed by atoms with Gasteiger partial charge in [0.1, 0.15) is 11.1 Å². The van der Waals surface area contributed by atoms with Crippen molar-refractivity contribution in [2.45, 2.75) is 37.8 Å². The second-order valence-corrected chi connectivity index (χ2v) is 6.63. The molecule has 10 nitrogen and oxygen atoms in total. The molecular weight excluding hydrogens is 336 g/mol. The Balaban J connectivity index is 1.62. The van der Waals surface area contributed by atoms with Gasteiger partial charge in [-0.1, -0.05) is 0 Å². The molecule has 0 aliphatic heterocycles. The van der Waals surface area contributed by atoms with E-state index in [1.807, 2.05) is 7.05 Å². The Hall–Kier alpha value is -3.01. The summed E-state index contributed by atoms with van der Waals surface area (Å²) in [5, 5.41) is 25.1. The molecule has 1 aliphatic carbocycles. The molecule has 3 aromatic heterocycles. The molecule has 1 saturated carbocycles. The van der Waals surface area contributed by atoms with Gasteiger partial charge >= 0.3 is 0 Å². The van der Waals surface area contributed by atoms with Gasteiger partial charge in [0.15, 0.2) is 11.5 Å². The van der Waals surface area contributed by atoms with Crippen LogP contribution in [0.2, 0.25) is 0 Å². The van der Waals surface area contributed by atoms with Gasteiger partial charge in [-0.15, -0.1) is 14.9 Å². The van der Waals surface area contributed by atoms with E-state index in [0.717, 1.165) is 31.5 Å². The molecule has 1 fully saturated rings. The van der Waals surface area contributed by atoms with Crippen molar-refractivity contribution >= 4 is 16.9 Å². The maximum absolute atomic E-state index is 12.1. The molecule has 3 heterocycles. The zero-order chi connectivity index (χ0) is 18.3. The van der Waals surface area contributed by atoms with Crippen LogP contribution in [0.1, 0.15) is 25.7 Å². The third kappa shape index (κ3) is 2.77. The van der Waals surface area contributed by atoms with Gasteiger partial charge in [0.2, 0.25) is 5.82 Å². The van der Waals surface area contributed by atoms with Crippen molar-refractivity contribution in [2.75, 3.05) is 11.9 Å². The summed E-state index contributed by atoms with van der Waals surface area (Å²) >= 11 is 0. The van der Waals surface area contributed by atoms with E-state index in [2.05, 4.69) is 30.3 Å². The van der Waals surface area contributed by atoms with Crippen LogP contribution in [0.5, 0.6) is 0 Å². The molecule has 0 bridgehead atoms. The molecular formula is C16H20N8O2. The Morgan fingerprint density at radius 1 is 1.27 bits per heavy atom. The van der Waals surface area contributed by atoms with Crippen LogP contribution in [0.25, 0.3) is 22.6 Å². The zero-order valence-corrected chi connectivity index (χ0v) is 14.3. The van der Waals surface area contributed by atoms with E-state index in [9.17, 15) is 10.0 Å². The molecule has 26 heavy (non-hydrogen) atoms. The summed E-state index contributed by atoms with van der Waals surface area (Å²) in [7, 11) is 1.99. The smallest absolute Gasteiger partial charge is 0.297 e. The maximum atomic E-state index is 12.1. The summed E-state index contributed by atoms with van der Waals surface area (Å²) in [6, 6.07) is 4.15. The van der Waals surface area contributed by atoms with Gasteiger partial charge in [0.05, 0.1) is 0 Å². The molecule has 1 aliphatic rings. The Bertz CT molecular complexity index is 972. The Morgan fingerprint density at radius 2 is 2.04 bits per heavy atom. The molecule has 4 N–H and O–H groups in total. The second-order valence-electron chi connectivity index (χ2n) is 6.63. The average molecular weight is 356 g/mol. The van der Waals surface area contributed by atoms with Crippen LogP contribution >= 0.6 is 0 Å². The van der Waals surface area contributed by atoms with Gasteiger partial charge < -0.3 is 15.8 Å². The Morgan fingerprint density at radius 3 is 2.73 bits per heavy atom. The number of rotatable bonds is 3. The lowest BCUT2D eigenvalue weighted by Gasteiger charge is -2.33. The summed E-state index contributed by atoms with van der Waals surface area (Å²) in [6.07, 6.45) is 5.44. The first-order chi connectivity index (χ1) is 12.5. The van der Waals surface area contributed by atoms with Crippen LogP contribution < -0.4 is 16.2 Å². The van der Waals surface area contributed by atoms with Crippen LogP contribution in [0.3, 0.4) is 0 Å². The van der Waals surface area contributed by atoms with Crippen molar-refractivity contribution in [3.63, 3.8) is 0 Å². The molecule has 136 valence electrons. The van der Waals surface area contributed by atoms with Crippen LogP contribution in [0, 0.1) is 0 Å². The van der Waals surface area contributed by atoms with Crippen LogP contribution in [0.15, 0.2) is 23.1 Å². The highest BCUT2D eigenvalue weighted by atomic mass is 16.5. The molecule has 0 atom stereocenters. The van der Waals surface area contributed by atoms with Crippen molar-refractivity contribution in [2.24, 2.45) is 5.73 Å². The molecule has 10 heteroatoms. The molecule has 0 aromatic carbocycles. The molecule has 0 spiro atoms. The maximum Gasteiger partial charge on any atom is 0.297 e. The van der Waals surface area contributed by atoms with E-state index < -0.39 is 5.56 Å². The highest BCUT2D eigenvalue weighted by Crippen LogP contribution is 2.25. The fourth-order valence-corrected chi connectivity index (χ4v) is 3.36. The second kappa shape index (κ2) is 6.37. The molecule has 0 unspecified atom stereocenters. The fourth-order valence-electron chi connectivity index (χ4n) is 3.36. The molecule has 0 saturated heterocycles. The minimum absolute atomic E-state index is 0.0000528. The third-order valence-electron chi connectivity index (χ3n) is 4.99. The predicted molar refractivity (Wildman–Crippen MR) is 95.0 cm³/mol. The first kappa shape index (κ1) is 16.5. The van der Waals surface area contributed by atoms with Crippen molar-refractivity contribution in [3.05, 3.63) is 28.7 Å². The van der Waals surface area contributed by atoms with E-state index in [1.54, 1.807) is 12.1 Å². The number of hydrogen-bond acceptors (Lipinski definition) is 8. The summed E-state index contributed by atoms with van der Waals surface area (Å²) in [4.78, 5) is 18.4. The van der Waals surface area contributed by atoms with Gasteiger partial charge in [0, 0.05) is 25.3 Å². The highest BCUT2D eigenvalue weighted by molar-refractivity contribution is 5.74. The lowest BCUT2D eigenvalue weighted by molar-refractivity contribution is 0.178. The van der Waals surface area contributed by atoms with Crippen molar-refractivity contribution < 1.29 is 5.21 Å². The van der Waals surface area contributed by atoms with E-state index in [4.69, 9.17) is 5.73 Å². The van der Waals surface area contributed by atoms with Gasteiger partial charge in [-0.3, -0.25) is 9.89 Å². The number of nitrogens with zero attached hydrogens (tertiary/aromatic N) is 6. The van der Waals surface area contributed by atoms with E-state index >= 15 is 0 Å². The summed E-state index contributed by atoms with van der Waals surface area (Å²) in [5.41, 5.74) is 5.86. The lowest BCUT2D eigenvalue weighted by atomic mass is 9.91. The van der Waals surface area contributed by atoms with Crippen molar-refractivity contribution in [1.82, 2.24) is 30.1 Å². The SMILES string of the molecule is CN(c1ccc(-c2nc3n[nH]cc3c(=O)n2O)nn1)[C@H]1CC[C@H](N)CC1. The molecule has 0 radical (unpaired) electrons. The van der Waals surface area contributed by atoms with Crippen LogP contribution in [0.4, 0.5) is 5.82 Å². The quantitative estimate of drug-likeness (QED) is 0.577. The van der Waals surface area contributed by atoms with Gasteiger partial charge in [-0.25, -0.2) is 4.98 Å². The monoisotopic (exact) mass is 356 g/mol. The van der Waals surface area contributed by atoms with E-state index in [0.29, 0.717) is 10.8 Å². The van der Waals surface area contributed by atoms with Gasteiger partial charge in [-0.2, -0.15) is 5.10 Å². The number of nitrogens with one attached hydrogen (secondary N) is 1. The average Bonchev–Trinajstić information content (AvgIpc) is 3.14. The number of nitrogens with two attached hydrogens (primary N) is 1. The van der Waals surface area contributed by atoms with Crippen molar-refractivity contribution in [1.29, 1.82) is 0 Å². The Kier molecular flexibility index (Phi) is 4.03. The summed E-state index contributed by atoms with van der Waals surface area (Å²) < 4.78 is 0.466. The standard InChI is InChI=1S/C16H20N8O2/c1-23(10-4-2-9(17)3-5-10)13-7-6-12(20-21-13)15-19-14-11(8-18-22-14)16(25)24(15)26/h6-10,26H,2-5,17H2,1H3,(H,18,22)/t9-,10-. The highest BCUT2D eigenvalue weighted by Gasteiger charge is 2.23. The minimum Gasteiger partial charge on any atom is -0.423 e. The molecule has 3 aromatic rings. The molecule has 0 amide bonds. The van der Waals surface area contributed by atoms with Crippen molar-refractivity contribution in [3.8, 4) is 11.5 Å². The number of hydrogen-bond donors (Lipinski definition) is 3. The van der Waals surface area contributed by atoms with E-state index in [-0.39, 0.29) is 28.6 Å². The largest absolute Gasteiger partial charge is 0.423 e. The number of H-pyrrole nitrogens is 1. The third-order valence-corrected chi connectivity index (χ3v) is 4.99. The lowest BCUT2D eigenvalue weighted by Crippen LogP contribution is -2.39. The Labute approximate surface area is 148 Å². The first-order valence-electron chi connectivity index (χ1n) is 8.53. The fraction of sp³-hybridized carbons (Fsp3) is 0.438. The number of anilines is 1. The number of aromatic nitrogens is 6. The van der Waals surface area contributed by atoms with Gasteiger partial charge in [0.25, 0.3) is 5.56 Å². The summed E-state index contributed by atoms with van der Waals surface area (Å²) in [6.45, 7) is 0. The van der Waals surface area contributed by atoms with Gasteiger partial charge in [-0.05, 0) is 37.8 Å². The number of fused-ring (bicyclic) bond motifs is 1. The molecule has 4 rings (SSSR count). The number of aromatic amines is 1. The van der Waals surface area contributed by atoms with Crippen LogP contribution in [-0.4, -0.2) is 54.4 Å². The topological polar surface area (TPSA) is 139 Å². The zero-order valence-electron chi connectivity index (χ0n) is 14.3.